The maximum atomic E-state index is 3.43. The summed E-state index contributed by atoms with van der Waals surface area (Å²) in [7, 11) is 0. The molecule has 2 aromatic rings. The highest BCUT2D eigenvalue weighted by Gasteiger charge is 2.09. The van der Waals surface area contributed by atoms with E-state index in [1.54, 1.807) is 0 Å². The molecule has 2 N–H and O–H groups in total. The van der Waals surface area contributed by atoms with Crippen molar-refractivity contribution in [2.24, 2.45) is 0 Å². The summed E-state index contributed by atoms with van der Waals surface area (Å²) in [5.41, 5.74) is 3.92. The van der Waals surface area contributed by atoms with Gasteiger partial charge >= 0.3 is 0 Å². The molecule has 2 heterocycles. The van der Waals surface area contributed by atoms with Gasteiger partial charge in [-0.3, -0.25) is 0 Å². The Morgan fingerprint density at radius 1 is 1.14 bits per heavy atom. The first-order valence-electron chi connectivity index (χ1n) is 4.95. The monoisotopic (exact) mass is 184 g/mol. The van der Waals surface area contributed by atoms with Crippen molar-refractivity contribution in [3.63, 3.8) is 0 Å². The molecule has 1 aromatic heterocycles. The van der Waals surface area contributed by atoms with E-state index in [2.05, 4.69) is 40.6 Å². The second-order valence-electron chi connectivity index (χ2n) is 3.60. The van der Waals surface area contributed by atoms with E-state index < -0.39 is 0 Å². The Bertz CT molecular complexity index is 494. The van der Waals surface area contributed by atoms with E-state index in [-0.39, 0.29) is 0 Å². The summed E-state index contributed by atoms with van der Waals surface area (Å²) in [5, 5.41) is 4.60. The van der Waals surface area contributed by atoms with Crippen LogP contribution in [0.1, 0.15) is 11.3 Å². The van der Waals surface area contributed by atoms with E-state index in [1.807, 2.05) is 6.20 Å². The first-order chi connectivity index (χ1) is 6.95. The van der Waals surface area contributed by atoms with Gasteiger partial charge in [-0.15, -0.1) is 0 Å². The van der Waals surface area contributed by atoms with E-state index in [1.165, 1.54) is 22.2 Å². The lowest BCUT2D eigenvalue weighted by atomic mass is 10.1. The number of benzene rings is 1. The van der Waals surface area contributed by atoms with Gasteiger partial charge in [0.25, 0.3) is 0 Å². The van der Waals surface area contributed by atoms with Gasteiger partial charge in [0.2, 0.25) is 0 Å². The topological polar surface area (TPSA) is 27.8 Å². The summed E-state index contributed by atoms with van der Waals surface area (Å²) in [4.78, 5) is 3.43. The zero-order chi connectivity index (χ0) is 9.38. The fraction of sp³-hybridized carbons (Fsp3) is 0.167. The van der Waals surface area contributed by atoms with Crippen molar-refractivity contribution in [1.29, 1.82) is 0 Å². The zero-order valence-electron chi connectivity index (χ0n) is 7.88. The normalized spacial score (nSPS) is 14.9. The summed E-state index contributed by atoms with van der Waals surface area (Å²) >= 11 is 0. The van der Waals surface area contributed by atoms with Crippen LogP contribution in [0.25, 0.3) is 17.0 Å². The van der Waals surface area contributed by atoms with E-state index >= 15 is 0 Å². The maximum absolute atomic E-state index is 3.43. The highest BCUT2D eigenvalue weighted by atomic mass is 14.8. The predicted molar refractivity (Wildman–Crippen MR) is 59.0 cm³/mol. The molecule has 1 aliphatic rings. The molecule has 3 rings (SSSR count). The number of aromatic amines is 1. The molecule has 70 valence electrons. The van der Waals surface area contributed by atoms with Gasteiger partial charge in [0.05, 0.1) is 0 Å². The zero-order valence-corrected chi connectivity index (χ0v) is 7.88. The third-order valence-corrected chi connectivity index (χ3v) is 2.73. The molecule has 0 amide bonds. The number of aromatic nitrogens is 1. The Balaban J connectivity index is 2.33. The van der Waals surface area contributed by atoms with E-state index in [4.69, 9.17) is 0 Å². The highest BCUT2D eigenvalue weighted by molar-refractivity contribution is 5.87. The lowest BCUT2D eigenvalue weighted by molar-refractivity contribution is 0.847. The Kier molecular flexibility index (Phi) is 1.60. The van der Waals surface area contributed by atoms with Gasteiger partial charge in [0.1, 0.15) is 0 Å². The minimum Gasteiger partial charge on any atom is -0.390 e. The summed E-state index contributed by atoms with van der Waals surface area (Å²) in [6.07, 6.45) is 5.22. The van der Waals surface area contributed by atoms with Gasteiger partial charge in [-0.1, -0.05) is 18.2 Å². The Morgan fingerprint density at radius 3 is 3.07 bits per heavy atom. The Hall–Kier alpha value is -1.70. The molecule has 14 heavy (non-hydrogen) atoms. The van der Waals surface area contributed by atoms with Gasteiger partial charge < -0.3 is 10.3 Å². The molecule has 0 aliphatic carbocycles. The lowest BCUT2D eigenvalue weighted by Crippen LogP contribution is -2.07. The number of hydrogen-bond donors (Lipinski definition) is 2. The second kappa shape index (κ2) is 2.91. The molecule has 0 bridgehead atoms. The van der Waals surface area contributed by atoms with Crippen LogP contribution in [0.2, 0.25) is 0 Å². The third-order valence-electron chi connectivity index (χ3n) is 2.73. The highest BCUT2D eigenvalue weighted by Crippen LogP contribution is 2.24. The molecule has 1 aliphatic heterocycles. The van der Waals surface area contributed by atoms with Crippen LogP contribution >= 0.6 is 0 Å². The first kappa shape index (κ1) is 7.68. The molecule has 0 atom stereocenters. The van der Waals surface area contributed by atoms with Crippen LogP contribution in [0, 0.1) is 0 Å². The molecular weight excluding hydrogens is 172 g/mol. The maximum Gasteiger partial charge on any atom is 0.0461 e. The molecule has 0 unspecified atom stereocenters. The van der Waals surface area contributed by atoms with Gasteiger partial charge in [0, 0.05) is 23.1 Å². The fourth-order valence-corrected chi connectivity index (χ4v) is 2.06. The summed E-state index contributed by atoms with van der Waals surface area (Å²) in [5.74, 6) is 0. The van der Waals surface area contributed by atoms with Crippen LogP contribution in [0.5, 0.6) is 0 Å². The van der Waals surface area contributed by atoms with Gasteiger partial charge in [-0.05, 0) is 30.3 Å². The summed E-state index contributed by atoms with van der Waals surface area (Å²) in [6.45, 7) is 1.02. The van der Waals surface area contributed by atoms with Gasteiger partial charge in [-0.25, -0.2) is 0 Å². The number of rotatable bonds is 0. The van der Waals surface area contributed by atoms with Crippen molar-refractivity contribution in [3.8, 4) is 0 Å². The standard InChI is InChI=1S/C12H12N2/c1-2-4-11-9(3-1)10-5-7-13-8-6-12(10)14-11/h1-4,6,8,13-14H,5,7H2. The van der Waals surface area contributed by atoms with Crippen molar-refractivity contribution < 1.29 is 0 Å². The molecule has 2 heteroatoms. The van der Waals surface area contributed by atoms with Crippen molar-refractivity contribution in [2.45, 2.75) is 6.42 Å². The number of fused-ring (bicyclic) bond motifs is 3. The predicted octanol–water partition coefficient (Wildman–Crippen LogP) is 2.28. The van der Waals surface area contributed by atoms with Crippen LogP contribution in [0.4, 0.5) is 0 Å². The lowest BCUT2D eigenvalue weighted by Gasteiger charge is -1.97. The molecule has 0 saturated carbocycles. The molecule has 0 fully saturated rings. The van der Waals surface area contributed by atoms with Crippen molar-refractivity contribution in [2.75, 3.05) is 6.54 Å². The number of para-hydroxylation sites is 1. The van der Waals surface area contributed by atoms with Crippen LogP contribution in [-0.4, -0.2) is 11.5 Å². The van der Waals surface area contributed by atoms with Gasteiger partial charge in [0.15, 0.2) is 0 Å². The fourth-order valence-electron chi connectivity index (χ4n) is 2.06. The minimum atomic E-state index is 1.02. The van der Waals surface area contributed by atoms with Crippen molar-refractivity contribution in [1.82, 2.24) is 10.3 Å². The van der Waals surface area contributed by atoms with Crippen LogP contribution in [-0.2, 0) is 6.42 Å². The van der Waals surface area contributed by atoms with Crippen LogP contribution in [0.3, 0.4) is 0 Å². The van der Waals surface area contributed by atoms with E-state index in [0.717, 1.165) is 13.0 Å². The third kappa shape index (κ3) is 1.04. The van der Waals surface area contributed by atoms with E-state index in [0.29, 0.717) is 0 Å². The SMILES string of the molecule is C1=Cc2[nH]c3ccccc3c2CCN1. The molecule has 1 aromatic carbocycles. The molecule has 0 spiro atoms. The van der Waals surface area contributed by atoms with Gasteiger partial charge in [-0.2, -0.15) is 0 Å². The number of nitrogens with one attached hydrogen (secondary N) is 2. The van der Waals surface area contributed by atoms with Crippen LogP contribution in [0.15, 0.2) is 30.5 Å². The first-order valence-corrected chi connectivity index (χ1v) is 4.95. The smallest absolute Gasteiger partial charge is 0.0461 e. The number of H-pyrrole nitrogens is 1. The second-order valence-corrected chi connectivity index (χ2v) is 3.60. The average molecular weight is 184 g/mol. The quantitative estimate of drug-likeness (QED) is 0.646. The molecule has 0 saturated heterocycles. The Labute approximate surface area is 82.6 Å². The summed E-state index contributed by atoms with van der Waals surface area (Å²) < 4.78 is 0. The molecular formula is C12H12N2. The minimum absolute atomic E-state index is 1.02. The largest absolute Gasteiger partial charge is 0.390 e. The van der Waals surface area contributed by atoms with E-state index in [9.17, 15) is 0 Å². The van der Waals surface area contributed by atoms with Crippen LogP contribution < -0.4 is 5.32 Å². The molecule has 2 nitrogen and oxygen atoms in total. The molecule has 0 radical (unpaired) electrons. The van der Waals surface area contributed by atoms with Crippen molar-refractivity contribution in [3.05, 3.63) is 41.7 Å². The Morgan fingerprint density at radius 2 is 2.07 bits per heavy atom. The average Bonchev–Trinajstić information content (AvgIpc) is 2.42. The van der Waals surface area contributed by atoms with Crippen molar-refractivity contribution >= 4 is 17.0 Å². The summed E-state index contributed by atoms with van der Waals surface area (Å²) in [6, 6.07) is 8.48. The number of hydrogen-bond acceptors (Lipinski definition) is 1.